The lowest BCUT2D eigenvalue weighted by Gasteiger charge is -2.24. The molecule has 142 valence electrons. The molecule has 10 heteroatoms. The summed E-state index contributed by atoms with van der Waals surface area (Å²) in [5.41, 5.74) is -1.13. The minimum Gasteiger partial charge on any atom is -0.307 e. The van der Waals surface area contributed by atoms with Gasteiger partial charge in [-0.05, 0) is 26.2 Å². The third-order valence-corrected chi connectivity index (χ3v) is 5.31. The summed E-state index contributed by atoms with van der Waals surface area (Å²) in [5.74, 6) is -0.775. The number of hydrogen-bond acceptors (Lipinski definition) is 5. The minimum absolute atomic E-state index is 0.106. The summed E-state index contributed by atoms with van der Waals surface area (Å²) < 4.78 is 42.1. The number of thioether (sulfide) groups is 1. The molecule has 2 atom stereocenters. The summed E-state index contributed by atoms with van der Waals surface area (Å²) in [4.78, 5) is 14.1. The highest BCUT2D eigenvalue weighted by Crippen LogP contribution is 2.36. The molecule has 0 aromatic carbocycles. The molecular weight excluding hydrogens is 367 g/mol. The average Bonchev–Trinajstić information content (AvgIpc) is 3.07. The highest BCUT2D eigenvalue weighted by molar-refractivity contribution is 7.99. The zero-order valence-electron chi connectivity index (χ0n) is 14.9. The Kier molecular flexibility index (Phi) is 6.27. The smallest absolute Gasteiger partial charge is 0.307 e. The molecule has 26 heavy (non-hydrogen) atoms. The Balaban J connectivity index is 2.52. The molecule has 0 saturated carbocycles. The van der Waals surface area contributed by atoms with E-state index < -0.39 is 29.4 Å². The van der Waals surface area contributed by atoms with Gasteiger partial charge in [0.05, 0.1) is 35.9 Å². The molecule has 0 fully saturated rings. The van der Waals surface area contributed by atoms with Crippen molar-refractivity contribution in [2.24, 2.45) is 0 Å². The Bertz CT molecular complexity index is 750. The van der Waals surface area contributed by atoms with Crippen molar-refractivity contribution in [3.05, 3.63) is 35.9 Å². The molecule has 2 unspecified atom stereocenters. The maximum absolute atomic E-state index is 13.7. The largest absolute Gasteiger partial charge is 0.433 e. The number of halogens is 3. The van der Waals surface area contributed by atoms with Gasteiger partial charge in [-0.25, -0.2) is 0 Å². The fourth-order valence-corrected chi connectivity index (χ4v) is 3.05. The van der Waals surface area contributed by atoms with Crippen LogP contribution >= 0.6 is 11.8 Å². The number of rotatable bonds is 6. The Labute approximate surface area is 153 Å². The van der Waals surface area contributed by atoms with E-state index in [1.54, 1.807) is 13.8 Å². The van der Waals surface area contributed by atoms with Crippen LogP contribution in [-0.2, 0) is 6.18 Å². The molecule has 0 aliphatic rings. The standard InChI is InChI=1S/C16H20F3N5OS/c1-5-23(12-6-7-20-21-8-12)15(25)13-9-22-24(10(2)11(3)26-4)14(13)16(17,18)19/h6-11H,5H2,1-4H3. The van der Waals surface area contributed by atoms with E-state index in [-0.39, 0.29) is 11.8 Å². The van der Waals surface area contributed by atoms with Crippen LogP contribution in [-0.4, -0.2) is 43.9 Å². The molecule has 2 rings (SSSR count). The number of carbonyl (C=O) groups is 1. The van der Waals surface area contributed by atoms with Crippen LogP contribution in [0, 0.1) is 0 Å². The van der Waals surface area contributed by atoms with Crippen LogP contribution in [0.3, 0.4) is 0 Å². The molecule has 0 bridgehead atoms. The van der Waals surface area contributed by atoms with Gasteiger partial charge in [0.1, 0.15) is 0 Å². The lowest BCUT2D eigenvalue weighted by molar-refractivity contribution is -0.145. The van der Waals surface area contributed by atoms with Crippen molar-refractivity contribution >= 4 is 23.4 Å². The maximum Gasteiger partial charge on any atom is 0.433 e. The highest BCUT2D eigenvalue weighted by atomic mass is 32.2. The van der Waals surface area contributed by atoms with Crippen LogP contribution in [0.2, 0.25) is 0 Å². The predicted octanol–water partition coefficient (Wildman–Crippen LogP) is 3.67. The SMILES string of the molecule is CCN(C(=O)c1cnn(C(C)C(C)SC)c1C(F)(F)F)c1ccnnc1. The van der Waals surface area contributed by atoms with Crippen LogP contribution in [0.25, 0.3) is 0 Å². The van der Waals surface area contributed by atoms with Crippen molar-refractivity contribution < 1.29 is 18.0 Å². The summed E-state index contributed by atoms with van der Waals surface area (Å²) in [5, 5.41) is 11.1. The molecule has 0 aliphatic heterocycles. The van der Waals surface area contributed by atoms with Crippen molar-refractivity contribution in [3.63, 3.8) is 0 Å². The topological polar surface area (TPSA) is 63.9 Å². The van der Waals surface area contributed by atoms with Gasteiger partial charge in [0, 0.05) is 11.8 Å². The first-order chi connectivity index (χ1) is 12.2. The summed E-state index contributed by atoms with van der Waals surface area (Å²) >= 11 is 1.43. The van der Waals surface area contributed by atoms with E-state index in [0.717, 1.165) is 10.9 Å². The summed E-state index contributed by atoms with van der Waals surface area (Å²) in [6.07, 6.45) is 0.814. The molecule has 0 radical (unpaired) electrons. The highest BCUT2D eigenvalue weighted by Gasteiger charge is 2.42. The quantitative estimate of drug-likeness (QED) is 0.757. The van der Waals surface area contributed by atoms with E-state index in [0.29, 0.717) is 5.69 Å². The monoisotopic (exact) mass is 387 g/mol. The number of carbonyl (C=O) groups excluding carboxylic acids is 1. The van der Waals surface area contributed by atoms with E-state index in [9.17, 15) is 18.0 Å². The Morgan fingerprint density at radius 3 is 2.50 bits per heavy atom. The third-order valence-electron chi connectivity index (χ3n) is 4.17. The zero-order chi connectivity index (χ0) is 19.5. The lowest BCUT2D eigenvalue weighted by Crippen LogP contribution is -2.33. The van der Waals surface area contributed by atoms with Gasteiger partial charge in [-0.1, -0.05) is 6.92 Å². The van der Waals surface area contributed by atoms with Crippen LogP contribution < -0.4 is 4.90 Å². The summed E-state index contributed by atoms with van der Waals surface area (Å²) in [6.45, 7) is 5.33. The molecule has 0 aliphatic carbocycles. The number of hydrogen-bond donors (Lipinski definition) is 0. The van der Waals surface area contributed by atoms with Gasteiger partial charge >= 0.3 is 6.18 Å². The summed E-state index contributed by atoms with van der Waals surface area (Å²) in [7, 11) is 0. The van der Waals surface area contributed by atoms with Gasteiger partial charge in [0.2, 0.25) is 0 Å². The third kappa shape index (κ3) is 4.00. The molecule has 1 amide bonds. The van der Waals surface area contributed by atoms with E-state index in [1.807, 2.05) is 13.2 Å². The molecule has 0 spiro atoms. The molecule has 2 aromatic rings. The van der Waals surface area contributed by atoms with Crippen LogP contribution in [0.1, 0.15) is 42.9 Å². The van der Waals surface area contributed by atoms with E-state index in [2.05, 4.69) is 15.3 Å². The summed E-state index contributed by atoms with van der Waals surface area (Å²) in [6, 6.07) is 0.991. The van der Waals surface area contributed by atoms with Crippen LogP contribution in [0.4, 0.5) is 18.9 Å². The molecule has 2 heterocycles. The fraction of sp³-hybridized carbons (Fsp3) is 0.500. The Hall–Kier alpha value is -2.10. The zero-order valence-corrected chi connectivity index (χ0v) is 15.7. The van der Waals surface area contributed by atoms with Crippen molar-refractivity contribution in [2.45, 2.75) is 38.2 Å². The number of alkyl halides is 3. The number of aromatic nitrogens is 4. The molecular formula is C16H20F3N5OS. The van der Waals surface area contributed by atoms with E-state index in [4.69, 9.17) is 0 Å². The molecule has 0 N–H and O–H groups in total. The fourth-order valence-electron chi connectivity index (χ4n) is 2.54. The second-order valence-electron chi connectivity index (χ2n) is 5.68. The van der Waals surface area contributed by atoms with Crippen molar-refractivity contribution in [2.75, 3.05) is 17.7 Å². The number of nitrogens with zero attached hydrogens (tertiary/aromatic N) is 5. The number of anilines is 1. The van der Waals surface area contributed by atoms with Crippen molar-refractivity contribution in [3.8, 4) is 0 Å². The van der Waals surface area contributed by atoms with Gasteiger partial charge in [0.15, 0.2) is 5.69 Å². The van der Waals surface area contributed by atoms with E-state index >= 15 is 0 Å². The predicted molar refractivity (Wildman–Crippen MR) is 94.3 cm³/mol. The average molecular weight is 387 g/mol. The minimum atomic E-state index is -4.70. The maximum atomic E-state index is 13.7. The first-order valence-electron chi connectivity index (χ1n) is 7.98. The Morgan fingerprint density at radius 1 is 1.31 bits per heavy atom. The van der Waals surface area contributed by atoms with Gasteiger partial charge in [-0.2, -0.15) is 40.2 Å². The first-order valence-corrected chi connectivity index (χ1v) is 9.27. The van der Waals surface area contributed by atoms with Gasteiger partial charge < -0.3 is 4.90 Å². The van der Waals surface area contributed by atoms with Gasteiger partial charge in [-0.15, -0.1) is 0 Å². The van der Waals surface area contributed by atoms with Crippen molar-refractivity contribution in [1.82, 2.24) is 20.0 Å². The molecule has 0 saturated heterocycles. The first kappa shape index (κ1) is 20.2. The van der Waals surface area contributed by atoms with Crippen LogP contribution in [0.15, 0.2) is 24.7 Å². The normalized spacial score (nSPS) is 14.1. The molecule has 2 aromatic heterocycles. The second kappa shape index (κ2) is 8.07. The van der Waals surface area contributed by atoms with Gasteiger partial charge in [0.25, 0.3) is 5.91 Å². The number of amides is 1. The second-order valence-corrected chi connectivity index (χ2v) is 6.90. The van der Waals surface area contributed by atoms with Crippen molar-refractivity contribution in [1.29, 1.82) is 0 Å². The molecule has 6 nitrogen and oxygen atoms in total. The lowest BCUT2D eigenvalue weighted by atomic mass is 10.1. The van der Waals surface area contributed by atoms with Gasteiger partial charge in [-0.3, -0.25) is 9.48 Å². The Morgan fingerprint density at radius 2 is 2.00 bits per heavy atom. The van der Waals surface area contributed by atoms with E-state index in [1.165, 1.54) is 35.1 Å². The van der Waals surface area contributed by atoms with Crippen LogP contribution in [0.5, 0.6) is 0 Å².